The van der Waals surface area contributed by atoms with Crippen molar-refractivity contribution in [3.63, 3.8) is 0 Å². The average molecular weight is 275 g/mol. The van der Waals surface area contributed by atoms with Crippen LogP contribution in [0.1, 0.15) is 11.3 Å². The molecule has 1 aromatic carbocycles. The van der Waals surface area contributed by atoms with Crippen LogP contribution in [0.15, 0.2) is 53.1 Å². The molecule has 0 aliphatic carbocycles. The van der Waals surface area contributed by atoms with E-state index >= 15 is 0 Å². The smallest absolute Gasteiger partial charge is 0.117 e. The van der Waals surface area contributed by atoms with Gasteiger partial charge >= 0.3 is 0 Å². The van der Waals surface area contributed by atoms with Gasteiger partial charge in [0.05, 0.1) is 32.1 Å². The number of hydrogen-bond donors (Lipinski definition) is 1. The minimum atomic E-state index is -0.501. The molecule has 1 heterocycles. The van der Waals surface area contributed by atoms with Crippen LogP contribution < -0.4 is 0 Å². The molecule has 0 bridgehead atoms. The Labute approximate surface area is 119 Å². The van der Waals surface area contributed by atoms with Crippen molar-refractivity contribution in [1.82, 2.24) is 4.90 Å². The Bertz CT molecular complexity index is 470. The Balaban J connectivity index is 1.63. The fraction of sp³-hybridized carbons (Fsp3) is 0.375. The van der Waals surface area contributed by atoms with Crippen molar-refractivity contribution >= 4 is 0 Å². The molecule has 1 N–H and O–H groups in total. The number of ether oxygens (including phenoxy) is 1. The highest BCUT2D eigenvalue weighted by Gasteiger charge is 2.10. The zero-order valence-electron chi connectivity index (χ0n) is 11.7. The molecule has 0 saturated heterocycles. The van der Waals surface area contributed by atoms with E-state index in [2.05, 4.69) is 0 Å². The maximum Gasteiger partial charge on any atom is 0.117 e. The second kappa shape index (κ2) is 7.85. The van der Waals surface area contributed by atoms with E-state index in [1.807, 2.05) is 54.4 Å². The van der Waals surface area contributed by atoms with Crippen LogP contribution in [0.25, 0.3) is 0 Å². The number of nitrogens with zero attached hydrogens (tertiary/aromatic N) is 1. The topological polar surface area (TPSA) is 45.8 Å². The molecule has 2 aromatic rings. The van der Waals surface area contributed by atoms with E-state index in [1.165, 1.54) is 0 Å². The minimum Gasteiger partial charge on any atom is -0.468 e. The van der Waals surface area contributed by atoms with Crippen LogP contribution in [0.5, 0.6) is 0 Å². The minimum absolute atomic E-state index is 0.331. The summed E-state index contributed by atoms with van der Waals surface area (Å²) in [5, 5.41) is 9.93. The van der Waals surface area contributed by atoms with Gasteiger partial charge in [0.15, 0.2) is 0 Å². The Kier molecular flexibility index (Phi) is 5.80. The molecule has 4 heteroatoms. The molecule has 0 spiro atoms. The monoisotopic (exact) mass is 275 g/mol. The normalized spacial score (nSPS) is 12.8. The van der Waals surface area contributed by atoms with Crippen LogP contribution in [-0.2, 0) is 17.9 Å². The van der Waals surface area contributed by atoms with E-state index in [9.17, 15) is 5.11 Å². The van der Waals surface area contributed by atoms with Crippen LogP contribution >= 0.6 is 0 Å². The number of aliphatic hydroxyl groups is 1. The van der Waals surface area contributed by atoms with Gasteiger partial charge in [0.25, 0.3) is 0 Å². The molecule has 0 fully saturated rings. The van der Waals surface area contributed by atoms with Gasteiger partial charge in [-0.2, -0.15) is 0 Å². The first-order chi connectivity index (χ1) is 9.74. The van der Waals surface area contributed by atoms with E-state index in [0.29, 0.717) is 26.3 Å². The molecule has 0 radical (unpaired) electrons. The zero-order chi connectivity index (χ0) is 14.2. The summed E-state index contributed by atoms with van der Waals surface area (Å²) in [5.41, 5.74) is 1.11. The predicted molar refractivity (Wildman–Crippen MR) is 77.1 cm³/mol. The number of rotatable bonds is 8. The third kappa shape index (κ3) is 5.17. The molecule has 108 valence electrons. The molecule has 0 aliphatic heterocycles. The standard InChI is InChI=1S/C16H21NO3/c1-17(11-16-8-5-9-20-16)10-15(18)13-19-12-14-6-3-2-4-7-14/h2-9,15,18H,10-13H2,1H3. The fourth-order valence-corrected chi connectivity index (χ4v) is 2.03. The van der Waals surface area contributed by atoms with Gasteiger partial charge in [-0.3, -0.25) is 4.90 Å². The largest absolute Gasteiger partial charge is 0.468 e. The molecular formula is C16H21NO3. The molecule has 0 saturated carbocycles. The number of furan rings is 1. The van der Waals surface area contributed by atoms with E-state index in [-0.39, 0.29) is 0 Å². The van der Waals surface area contributed by atoms with E-state index in [4.69, 9.17) is 9.15 Å². The summed E-state index contributed by atoms with van der Waals surface area (Å²) in [6.45, 7) is 2.09. The Morgan fingerprint density at radius 3 is 2.70 bits per heavy atom. The zero-order valence-corrected chi connectivity index (χ0v) is 11.7. The van der Waals surface area contributed by atoms with Crippen LogP contribution in [0.3, 0.4) is 0 Å². The van der Waals surface area contributed by atoms with Gasteiger partial charge in [0.1, 0.15) is 5.76 Å². The van der Waals surface area contributed by atoms with Crippen molar-refractivity contribution in [2.75, 3.05) is 20.2 Å². The van der Waals surface area contributed by atoms with Crippen LogP contribution in [0, 0.1) is 0 Å². The maximum atomic E-state index is 9.93. The average Bonchev–Trinajstić information content (AvgIpc) is 2.92. The lowest BCUT2D eigenvalue weighted by atomic mass is 10.2. The number of benzene rings is 1. The summed E-state index contributed by atoms with van der Waals surface area (Å²) in [6.07, 6.45) is 1.15. The highest BCUT2D eigenvalue weighted by Crippen LogP contribution is 2.05. The third-order valence-corrected chi connectivity index (χ3v) is 2.95. The Hall–Kier alpha value is -1.62. The summed E-state index contributed by atoms with van der Waals surface area (Å²) >= 11 is 0. The van der Waals surface area contributed by atoms with Crippen LogP contribution in [-0.4, -0.2) is 36.3 Å². The number of likely N-dealkylation sites (N-methyl/N-ethyl adjacent to an activating group) is 1. The van der Waals surface area contributed by atoms with Crippen molar-refractivity contribution < 1.29 is 14.3 Å². The summed E-state index contributed by atoms with van der Waals surface area (Å²) < 4.78 is 10.8. The van der Waals surface area contributed by atoms with Gasteiger partial charge in [0, 0.05) is 6.54 Å². The van der Waals surface area contributed by atoms with Crippen molar-refractivity contribution in [1.29, 1.82) is 0 Å². The SMILES string of the molecule is CN(Cc1ccco1)CC(O)COCc1ccccc1. The molecular weight excluding hydrogens is 254 g/mol. The van der Waals surface area contributed by atoms with Crippen molar-refractivity contribution in [2.24, 2.45) is 0 Å². The van der Waals surface area contributed by atoms with Gasteiger partial charge in [-0.25, -0.2) is 0 Å². The maximum absolute atomic E-state index is 9.93. The van der Waals surface area contributed by atoms with Crippen LogP contribution in [0.2, 0.25) is 0 Å². The van der Waals surface area contributed by atoms with Crippen molar-refractivity contribution in [3.8, 4) is 0 Å². The van der Waals surface area contributed by atoms with Gasteiger partial charge < -0.3 is 14.3 Å². The van der Waals surface area contributed by atoms with Gasteiger partial charge in [-0.05, 0) is 24.7 Å². The molecule has 4 nitrogen and oxygen atoms in total. The molecule has 1 unspecified atom stereocenters. The highest BCUT2D eigenvalue weighted by molar-refractivity contribution is 5.13. The molecule has 0 aliphatic rings. The summed E-state index contributed by atoms with van der Waals surface area (Å²) in [4.78, 5) is 2.01. The summed E-state index contributed by atoms with van der Waals surface area (Å²) in [7, 11) is 1.95. The van der Waals surface area contributed by atoms with E-state index in [0.717, 1.165) is 11.3 Å². The summed E-state index contributed by atoms with van der Waals surface area (Å²) in [5.74, 6) is 0.893. The lowest BCUT2D eigenvalue weighted by molar-refractivity contribution is 0.0119. The van der Waals surface area contributed by atoms with Crippen LogP contribution in [0.4, 0.5) is 0 Å². The number of hydrogen-bond acceptors (Lipinski definition) is 4. The lowest BCUT2D eigenvalue weighted by Gasteiger charge is -2.19. The van der Waals surface area contributed by atoms with Gasteiger partial charge in [-0.1, -0.05) is 30.3 Å². The molecule has 0 amide bonds. The Morgan fingerprint density at radius 1 is 1.20 bits per heavy atom. The van der Waals surface area contributed by atoms with Gasteiger partial charge in [0.2, 0.25) is 0 Å². The second-order valence-corrected chi connectivity index (χ2v) is 4.93. The quantitative estimate of drug-likeness (QED) is 0.803. The first kappa shape index (κ1) is 14.8. The molecule has 1 aromatic heterocycles. The number of aliphatic hydroxyl groups excluding tert-OH is 1. The van der Waals surface area contributed by atoms with E-state index in [1.54, 1.807) is 6.26 Å². The Morgan fingerprint density at radius 2 is 2.00 bits per heavy atom. The predicted octanol–water partition coefficient (Wildman–Crippen LogP) is 2.29. The van der Waals surface area contributed by atoms with Crippen molar-refractivity contribution in [3.05, 3.63) is 60.1 Å². The first-order valence-electron chi connectivity index (χ1n) is 6.74. The van der Waals surface area contributed by atoms with Gasteiger partial charge in [-0.15, -0.1) is 0 Å². The highest BCUT2D eigenvalue weighted by atomic mass is 16.5. The van der Waals surface area contributed by atoms with E-state index < -0.39 is 6.10 Å². The fourth-order valence-electron chi connectivity index (χ4n) is 2.03. The molecule has 1 atom stereocenters. The van der Waals surface area contributed by atoms with Crippen molar-refractivity contribution in [2.45, 2.75) is 19.3 Å². The second-order valence-electron chi connectivity index (χ2n) is 4.93. The third-order valence-electron chi connectivity index (χ3n) is 2.95. The molecule has 2 rings (SSSR count). The summed E-state index contributed by atoms with van der Waals surface area (Å²) in [6, 6.07) is 13.7. The first-order valence-corrected chi connectivity index (χ1v) is 6.74. The lowest BCUT2D eigenvalue weighted by Crippen LogP contribution is -2.31. The molecule has 20 heavy (non-hydrogen) atoms.